The molecule has 1 unspecified atom stereocenters. The number of hydrogen-bond donors (Lipinski definition) is 1. The van der Waals surface area contributed by atoms with Crippen molar-refractivity contribution in [3.8, 4) is 0 Å². The predicted molar refractivity (Wildman–Crippen MR) is 78.6 cm³/mol. The van der Waals surface area contributed by atoms with E-state index in [1.165, 1.54) is 12.8 Å². The lowest BCUT2D eigenvalue weighted by molar-refractivity contribution is -0.139. The number of nitrogens with zero attached hydrogens (tertiary/aromatic N) is 2. The summed E-state index contributed by atoms with van der Waals surface area (Å²) < 4.78 is 0. The highest BCUT2D eigenvalue weighted by Crippen LogP contribution is 2.11. The quantitative estimate of drug-likeness (QED) is 0.776. The molecule has 0 saturated carbocycles. The Morgan fingerprint density at radius 3 is 2.30 bits per heavy atom. The van der Waals surface area contributed by atoms with Crippen LogP contribution in [0.25, 0.3) is 0 Å². The molecular formula is C15H28N2O3. The van der Waals surface area contributed by atoms with Gasteiger partial charge in [-0.15, -0.1) is 0 Å². The molecule has 0 aromatic heterocycles. The molecule has 116 valence electrons. The topological polar surface area (TPSA) is 60.9 Å². The maximum Gasteiger partial charge on any atom is 0.304 e. The van der Waals surface area contributed by atoms with Gasteiger partial charge in [0.2, 0.25) is 5.91 Å². The van der Waals surface area contributed by atoms with E-state index in [4.69, 9.17) is 5.11 Å². The lowest BCUT2D eigenvalue weighted by atomic mass is 10.2. The number of carbonyl (C=O) groups excluding carboxylic acids is 1. The summed E-state index contributed by atoms with van der Waals surface area (Å²) in [7, 11) is 0. The van der Waals surface area contributed by atoms with Crippen LogP contribution in [0.15, 0.2) is 0 Å². The SMILES string of the molecule is CCC(C)N(CCC(=O)O)CC(=O)N1CCCCCC1. The van der Waals surface area contributed by atoms with Gasteiger partial charge in [-0.3, -0.25) is 14.5 Å². The number of carboxylic acids is 1. The van der Waals surface area contributed by atoms with Gasteiger partial charge in [-0.1, -0.05) is 19.8 Å². The molecule has 0 spiro atoms. The number of carboxylic acid groups (broad SMARTS) is 1. The minimum atomic E-state index is -0.805. The molecule has 1 saturated heterocycles. The molecule has 20 heavy (non-hydrogen) atoms. The smallest absolute Gasteiger partial charge is 0.304 e. The zero-order chi connectivity index (χ0) is 15.0. The zero-order valence-corrected chi connectivity index (χ0v) is 12.8. The fourth-order valence-electron chi connectivity index (χ4n) is 2.55. The summed E-state index contributed by atoms with van der Waals surface area (Å²) in [4.78, 5) is 27.0. The summed E-state index contributed by atoms with van der Waals surface area (Å²) >= 11 is 0. The highest BCUT2D eigenvalue weighted by Gasteiger charge is 2.21. The molecule has 0 aliphatic carbocycles. The fourth-order valence-corrected chi connectivity index (χ4v) is 2.55. The summed E-state index contributed by atoms with van der Waals surface area (Å²) in [5, 5.41) is 8.81. The predicted octanol–water partition coefficient (Wildman–Crippen LogP) is 1.96. The molecule has 1 rings (SSSR count). The number of hydrogen-bond acceptors (Lipinski definition) is 3. The van der Waals surface area contributed by atoms with Crippen molar-refractivity contribution in [3.05, 3.63) is 0 Å². The van der Waals surface area contributed by atoms with Crippen LogP contribution < -0.4 is 0 Å². The summed E-state index contributed by atoms with van der Waals surface area (Å²) in [5.74, 6) is -0.655. The van der Waals surface area contributed by atoms with Gasteiger partial charge < -0.3 is 10.0 Å². The Morgan fingerprint density at radius 1 is 1.20 bits per heavy atom. The van der Waals surface area contributed by atoms with Crippen molar-refractivity contribution in [1.29, 1.82) is 0 Å². The van der Waals surface area contributed by atoms with E-state index in [2.05, 4.69) is 13.8 Å². The molecule has 5 heteroatoms. The van der Waals surface area contributed by atoms with E-state index in [1.807, 2.05) is 9.80 Å². The second-order valence-electron chi connectivity index (χ2n) is 5.67. The van der Waals surface area contributed by atoms with E-state index in [0.717, 1.165) is 32.4 Å². The van der Waals surface area contributed by atoms with E-state index in [9.17, 15) is 9.59 Å². The van der Waals surface area contributed by atoms with Gasteiger partial charge in [-0.05, 0) is 26.2 Å². The average Bonchev–Trinajstić information content (AvgIpc) is 2.71. The average molecular weight is 284 g/mol. The van der Waals surface area contributed by atoms with Crippen molar-refractivity contribution in [2.75, 3.05) is 26.2 Å². The monoisotopic (exact) mass is 284 g/mol. The third-order valence-electron chi connectivity index (χ3n) is 4.12. The van der Waals surface area contributed by atoms with E-state index < -0.39 is 5.97 Å². The van der Waals surface area contributed by atoms with Crippen LogP contribution in [0.1, 0.15) is 52.4 Å². The number of likely N-dealkylation sites (tertiary alicyclic amines) is 1. The molecule has 5 nitrogen and oxygen atoms in total. The molecule has 1 amide bonds. The zero-order valence-electron chi connectivity index (χ0n) is 12.8. The Morgan fingerprint density at radius 2 is 1.80 bits per heavy atom. The molecule has 1 atom stereocenters. The number of amides is 1. The molecular weight excluding hydrogens is 256 g/mol. The van der Waals surface area contributed by atoms with Crippen LogP contribution in [-0.4, -0.2) is 59.0 Å². The number of rotatable bonds is 7. The van der Waals surface area contributed by atoms with Crippen molar-refractivity contribution in [1.82, 2.24) is 9.80 Å². The van der Waals surface area contributed by atoms with Gasteiger partial charge in [0.25, 0.3) is 0 Å². The van der Waals surface area contributed by atoms with Crippen LogP contribution in [0.5, 0.6) is 0 Å². The normalized spacial score (nSPS) is 17.9. The van der Waals surface area contributed by atoms with Crippen LogP contribution in [-0.2, 0) is 9.59 Å². The second-order valence-corrected chi connectivity index (χ2v) is 5.67. The Bertz CT molecular complexity index is 312. The van der Waals surface area contributed by atoms with Crippen molar-refractivity contribution >= 4 is 11.9 Å². The summed E-state index contributed by atoms with van der Waals surface area (Å²) in [6.45, 7) is 6.62. The maximum atomic E-state index is 12.4. The fraction of sp³-hybridized carbons (Fsp3) is 0.867. The molecule has 1 aliphatic rings. The Hall–Kier alpha value is -1.10. The Kier molecular flexibility index (Phi) is 7.59. The molecule has 0 bridgehead atoms. The highest BCUT2D eigenvalue weighted by atomic mass is 16.4. The molecule has 0 aromatic rings. The van der Waals surface area contributed by atoms with Crippen LogP contribution in [0.3, 0.4) is 0 Å². The first-order valence-electron chi connectivity index (χ1n) is 7.78. The molecule has 0 aromatic carbocycles. The number of aliphatic carboxylic acids is 1. The van der Waals surface area contributed by atoms with Gasteiger partial charge in [0.1, 0.15) is 0 Å². The van der Waals surface area contributed by atoms with Gasteiger partial charge in [-0.25, -0.2) is 0 Å². The van der Waals surface area contributed by atoms with Crippen molar-refractivity contribution < 1.29 is 14.7 Å². The molecule has 1 aliphatic heterocycles. The minimum absolute atomic E-state index is 0.0949. The van der Waals surface area contributed by atoms with Crippen LogP contribution in [0.2, 0.25) is 0 Å². The minimum Gasteiger partial charge on any atom is -0.481 e. The van der Waals surface area contributed by atoms with Crippen LogP contribution in [0.4, 0.5) is 0 Å². The van der Waals surface area contributed by atoms with E-state index in [1.54, 1.807) is 0 Å². The standard InChI is InChI=1S/C15H28N2O3/c1-3-13(2)17(11-8-15(19)20)12-14(18)16-9-6-4-5-7-10-16/h13H,3-12H2,1-2H3,(H,19,20). The van der Waals surface area contributed by atoms with E-state index in [0.29, 0.717) is 13.1 Å². The summed E-state index contributed by atoms with van der Waals surface area (Å²) in [6.07, 6.45) is 5.61. The first kappa shape index (κ1) is 17.0. The largest absolute Gasteiger partial charge is 0.481 e. The van der Waals surface area contributed by atoms with Gasteiger partial charge in [-0.2, -0.15) is 0 Å². The highest BCUT2D eigenvalue weighted by molar-refractivity contribution is 5.78. The van der Waals surface area contributed by atoms with Crippen molar-refractivity contribution in [3.63, 3.8) is 0 Å². The second kappa shape index (κ2) is 8.95. The van der Waals surface area contributed by atoms with Crippen LogP contribution >= 0.6 is 0 Å². The van der Waals surface area contributed by atoms with Crippen molar-refractivity contribution in [2.24, 2.45) is 0 Å². The van der Waals surface area contributed by atoms with Crippen molar-refractivity contribution in [2.45, 2.75) is 58.4 Å². The van der Waals surface area contributed by atoms with Gasteiger partial charge in [0.05, 0.1) is 13.0 Å². The summed E-state index contributed by atoms with van der Waals surface area (Å²) in [6, 6.07) is 0.241. The molecule has 1 fully saturated rings. The van der Waals surface area contributed by atoms with E-state index in [-0.39, 0.29) is 18.4 Å². The lowest BCUT2D eigenvalue weighted by Gasteiger charge is -2.30. The molecule has 1 N–H and O–H groups in total. The first-order valence-corrected chi connectivity index (χ1v) is 7.78. The van der Waals surface area contributed by atoms with E-state index >= 15 is 0 Å². The van der Waals surface area contributed by atoms with Crippen LogP contribution in [0, 0.1) is 0 Å². The van der Waals surface area contributed by atoms with Gasteiger partial charge in [0.15, 0.2) is 0 Å². The number of carbonyl (C=O) groups is 2. The maximum absolute atomic E-state index is 12.4. The molecule has 1 heterocycles. The van der Waals surface area contributed by atoms with Gasteiger partial charge >= 0.3 is 5.97 Å². The third-order valence-corrected chi connectivity index (χ3v) is 4.12. The lowest BCUT2D eigenvalue weighted by Crippen LogP contribution is -2.44. The molecule has 0 radical (unpaired) electrons. The third kappa shape index (κ3) is 5.90. The first-order chi connectivity index (χ1) is 9.54. The summed E-state index contributed by atoms with van der Waals surface area (Å²) in [5.41, 5.74) is 0. The van der Waals surface area contributed by atoms with Gasteiger partial charge in [0, 0.05) is 25.7 Å². The Balaban J connectivity index is 2.53. The Labute approximate surface area is 121 Å².